The lowest BCUT2D eigenvalue weighted by atomic mass is 10.2. The summed E-state index contributed by atoms with van der Waals surface area (Å²) in [5.41, 5.74) is 1.73. The number of benzene rings is 2. The molecule has 12 heteroatoms. The summed E-state index contributed by atoms with van der Waals surface area (Å²) in [4.78, 5) is 7.72. The Hall–Kier alpha value is -4.89. The van der Waals surface area contributed by atoms with Crippen LogP contribution in [-0.2, 0) is 16.4 Å². The predicted octanol–water partition coefficient (Wildman–Crippen LogP) is 2.55. The van der Waals surface area contributed by atoms with E-state index in [0.717, 1.165) is 16.3 Å². The zero-order chi connectivity index (χ0) is 24.8. The van der Waals surface area contributed by atoms with E-state index in [-0.39, 0.29) is 39.7 Å². The number of hydrogen-bond donors (Lipinski definition) is 4. The third kappa shape index (κ3) is 5.37. The van der Waals surface area contributed by atoms with Crippen LogP contribution in [0, 0.1) is 11.5 Å². The fraction of sp³-hybridized carbons (Fsp3) is 0.0435. The van der Waals surface area contributed by atoms with Crippen LogP contribution in [0.5, 0.6) is 11.8 Å². The van der Waals surface area contributed by atoms with Gasteiger partial charge in [0.1, 0.15) is 0 Å². The number of nitrogens with one attached hydrogen (secondary N) is 2. The maximum absolute atomic E-state index is 13.1. The van der Waals surface area contributed by atoms with Crippen LogP contribution in [-0.4, -0.2) is 39.4 Å². The van der Waals surface area contributed by atoms with Crippen molar-refractivity contribution in [1.29, 1.82) is 5.26 Å². The first-order chi connectivity index (χ1) is 16.9. The van der Waals surface area contributed by atoms with Crippen LogP contribution in [0.4, 0.5) is 5.69 Å². The lowest BCUT2D eigenvalue weighted by Crippen LogP contribution is -2.30. The van der Waals surface area contributed by atoms with Crippen molar-refractivity contribution in [2.75, 3.05) is 5.32 Å². The van der Waals surface area contributed by atoms with E-state index in [2.05, 4.69) is 25.7 Å². The Morgan fingerprint density at radius 2 is 1.77 bits per heavy atom. The monoisotopic (exact) mass is 489 g/mol. The molecule has 0 radical (unpaired) electrons. The maximum Gasteiger partial charge on any atom is 0.234 e. The van der Waals surface area contributed by atoms with Crippen molar-refractivity contribution < 1.29 is 18.6 Å². The molecule has 0 spiro atoms. The SMILES string of the molecule is N#C/N=C(\NCc1ccc(S(=O)(=O)c2cccc(-n3nc(O)cc3O)c2)cc1)Nc1ccncc1. The van der Waals surface area contributed by atoms with Crippen molar-refractivity contribution in [2.24, 2.45) is 4.99 Å². The standard InChI is InChI=1S/C23H19N7O4S/c24-15-27-23(28-17-8-10-25-11-9-17)26-14-16-4-6-19(7-5-16)35(33,34)20-3-1-2-18(12-20)30-22(32)13-21(31)29-30/h1-13,32H,14H2,(H,29,31)(H2,25,26,27,28). The van der Waals surface area contributed by atoms with Gasteiger partial charge in [-0.25, -0.2) is 8.42 Å². The summed E-state index contributed by atoms with van der Waals surface area (Å²) in [5.74, 6) is -0.481. The van der Waals surface area contributed by atoms with Crippen LogP contribution in [0.2, 0.25) is 0 Å². The van der Waals surface area contributed by atoms with Crippen LogP contribution in [0.15, 0.2) is 93.9 Å². The zero-order valence-electron chi connectivity index (χ0n) is 18.1. The molecule has 11 nitrogen and oxygen atoms in total. The first-order valence-electron chi connectivity index (χ1n) is 10.2. The Bertz CT molecular complexity index is 1510. The zero-order valence-corrected chi connectivity index (χ0v) is 18.9. The average Bonchev–Trinajstić information content (AvgIpc) is 3.21. The molecule has 0 saturated heterocycles. The number of aliphatic imine (C=N–C) groups is 1. The highest BCUT2D eigenvalue weighted by Crippen LogP contribution is 2.26. The highest BCUT2D eigenvalue weighted by molar-refractivity contribution is 7.91. The molecule has 0 bridgehead atoms. The molecule has 2 aromatic heterocycles. The minimum absolute atomic E-state index is 0.000237. The number of sulfone groups is 1. The number of anilines is 1. The molecule has 4 rings (SSSR count). The van der Waals surface area contributed by atoms with Gasteiger partial charge in [0.15, 0.2) is 0 Å². The van der Waals surface area contributed by atoms with Gasteiger partial charge in [-0.3, -0.25) is 4.98 Å². The highest BCUT2D eigenvalue weighted by atomic mass is 32.2. The second kappa shape index (κ2) is 9.94. The maximum atomic E-state index is 13.1. The minimum atomic E-state index is -3.86. The molecule has 2 aromatic carbocycles. The van der Waals surface area contributed by atoms with Crippen LogP contribution in [0.1, 0.15) is 5.56 Å². The summed E-state index contributed by atoms with van der Waals surface area (Å²) < 4.78 is 27.3. The number of guanidine groups is 1. The Balaban J connectivity index is 1.49. The molecule has 0 saturated carbocycles. The fourth-order valence-electron chi connectivity index (χ4n) is 3.17. The Kier molecular flexibility index (Phi) is 6.61. The van der Waals surface area contributed by atoms with Crippen LogP contribution < -0.4 is 10.6 Å². The molecule has 0 aliphatic heterocycles. The number of nitriles is 1. The number of aromatic hydroxyl groups is 2. The van der Waals surface area contributed by atoms with E-state index < -0.39 is 9.84 Å². The lowest BCUT2D eigenvalue weighted by Gasteiger charge is -2.12. The largest absolute Gasteiger partial charge is 0.493 e. The van der Waals surface area contributed by atoms with E-state index in [1.54, 1.807) is 48.9 Å². The third-order valence-electron chi connectivity index (χ3n) is 4.85. The van der Waals surface area contributed by atoms with Crippen molar-refractivity contribution in [3.8, 4) is 23.6 Å². The quantitative estimate of drug-likeness (QED) is 0.181. The normalized spacial score (nSPS) is 11.6. The van der Waals surface area contributed by atoms with Gasteiger partial charge in [0.25, 0.3) is 0 Å². The molecule has 2 heterocycles. The lowest BCUT2D eigenvalue weighted by molar-refractivity contribution is 0.430. The number of hydrogen-bond acceptors (Lipinski definition) is 8. The van der Waals surface area contributed by atoms with Crippen molar-refractivity contribution >= 4 is 21.5 Å². The second-order valence-corrected chi connectivity index (χ2v) is 9.14. The number of aromatic nitrogens is 3. The molecule has 0 fully saturated rings. The smallest absolute Gasteiger partial charge is 0.234 e. The number of nitrogens with zero attached hydrogens (tertiary/aromatic N) is 5. The molecule has 0 unspecified atom stereocenters. The van der Waals surface area contributed by atoms with Gasteiger partial charge in [-0.2, -0.15) is 9.94 Å². The summed E-state index contributed by atoms with van der Waals surface area (Å²) in [5, 5.41) is 38.0. The van der Waals surface area contributed by atoms with Crippen LogP contribution >= 0.6 is 0 Å². The molecule has 176 valence electrons. The molecule has 0 atom stereocenters. The Labute approximate surface area is 200 Å². The Morgan fingerprint density at radius 3 is 2.43 bits per heavy atom. The van der Waals surface area contributed by atoms with E-state index in [4.69, 9.17) is 5.26 Å². The van der Waals surface area contributed by atoms with E-state index in [9.17, 15) is 18.6 Å². The molecular formula is C23H19N7O4S. The molecular weight excluding hydrogens is 470 g/mol. The van der Waals surface area contributed by atoms with Crippen LogP contribution in [0.3, 0.4) is 0 Å². The molecule has 0 aliphatic carbocycles. The predicted molar refractivity (Wildman–Crippen MR) is 127 cm³/mol. The molecule has 0 aliphatic rings. The summed E-state index contributed by atoms with van der Waals surface area (Å²) in [7, 11) is -3.86. The van der Waals surface area contributed by atoms with Crippen molar-refractivity contribution in [1.82, 2.24) is 20.1 Å². The first-order valence-corrected chi connectivity index (χ1v) is 11.7. The number of rotatable bonds is 6. The van der Waals surface area contributed by atoms with Gasteiger partial charge < -0.3 is 20.8 Å². The van der Waals surface area contributed by atoms with Gasteiger partial charge in [-0.1, -0.05) is 18.2 Å². The van der Waals surface area contributed by atoms with E-state index in [0.29, 0.717) is 5.69 Å². The number of pyridine rings is 1. The summed E-state index contributed by atoms with van der Waals surface area (Å²) in [6.45, 7) is 0.288. The second-order valence-electron chi connectivity index (χ2n) is 7.19. The van der Waals surface area contributed by atoms with Gasteiger partial charge in [0.2, 0.25) is 33.7 Å². The van der Waals surface area contributed by atoms with Crippen molar-refractivity contribution in [3.05, 3.63) is 84.7 Å². The molecule has 35 heavy (non-hydrogen) atoms. The van der Waals surface area contributed by atoms with Gasteiger partial charge in [-0.15, -0.1) is 10.1 Å². The first kappa shape index (κ1) is 23.3. The van der Waals surface area contributed by atoms with Gasteiger partial charge in [0, 0.05) is 24.6 Å². The molecule has 4 N–H and O–H groups in total. The summed E-state index contributed by atoms with van der Waals surface area (Å²) in [6, 6.07) is 16.6. The minimum Gasteiger partial charge on any atom is -0.493 e. The van der Waals surface area contributed by atoms with Crippen molar-refractivity contribution in [3.63, 3.8) is 0 Å². The molecule has 0 amide bonds. The Morgan fingerprint density at radius 1 is 1.03 bits per heavy atom. The van der Waals surface area contributed by atoms with E-state index in [1.807, 2.05) is 0 Å². The summed E-state index contributed by atoms with van der Waals surface area (Å²) >= 11 is 0. The van der Waals surface area contributed by atoms with E-state index >= 15 is 0 Å². The molecule has 4 aromatic rings. The fourth-order valence-corrected chi connectivity index (χ4v) is 4.47. The van der Waals surface area contributed by atoms with Crippen molar-refractivity contribution in [2.45, 2.75) is 16.3 Å². The third-order valence-corrected chi connectivity index (χ3v) is 6.62. The van der Waals surface area contributed by atoms with Gasteiger partial charge >= 0.3 is 0 Å². The average molecular weight is 490 g/mol. The van der Waals surface area contributed by atoms with Gasteiger partial charge in [0.05, 0.1) is 21.5 Å². The summed E-state index contributed by atoms with van der Waals surface area (Å²) in [6.07, 6.45) is 4.92. The van der Waals surface area contributed by atoms with E-state index in [1.165, 1.54) is 30.3 Å². The highest BCUT2D eigenvalue weighted by Gasteiger charge is 2.19. The topological polar surface area (TPSA) is 166 Å². The van der Waals surface area contributed by atoms with Gasteiger partial charge in [-0.05, 0) is 48.0 Å². The van der Waals surface area contributed by atoms with Crippen LogP contribution in [0.25, 0.3) is 5.69 Å².